The molecule has 1 amide bonds. The molecular formula is C22H16N4O3. The largest absolute Gasteiger partial charge is 0.478 e. The lowest BCUT2D eigenvalue weighted by molar-refractivity contribution is 0.0696. The summed E-state index contributed by atoms with van der Waals surface area (Å²) >= 11 is 0. The highest BCUT2D eigenvalue weighted by Crippen LogP contribution is 2.23. The predicted molar refractivity (Wildman–Crippen MR) is 110 cm³/mol. The van der Waals surface area contributed by atoms with Gasteiger partial charge in [0.25, 0.3) is 5.91 Å². The van der Waals surface area contributed by atoms with E-state index in [1.165, 1.54) is 18.3 Å². The van der Waals surface area contributed by atoms with Crippen LogP contribution < -0.4 is 5.43 Å². The molecule has 29 heavy (non-hydrogen) atoms. The molecule has 0 aliphatic rings. The lowest BCUT2D eigenvalue weighted by Crippen LogP contribution is -2.18. The summed E-state index contributed by atoms with van der Waals surface area (Å²) in [5, 5.41) is 21.9. The predicted octanol–water partition coefficient (Wildman–Crippen LogP) is 3.69. The van der Waals surface area contributed by atoms with Crippen LogP contribution in [0.25, 0.3) is 22.0 Å². The minimum atomic E-state index is -0.997. The number of carbonyl (C=O) groups is 2. The van der Waals surface area contributed by atoms with E-state index >= 15 is 0 Å². The number of carboxylic acids is 1. The molecule has 0 aliphatic carbocycles. The van der Waals surface area contributed by atoms with Crippen LogP contribution in [0.3, 0.4) is 0 Å². The SMILES string of the molecule is O=C(O)c1ccc(/C=N/NC(=O)c2cc(-c3ccc4ccccc4c3)n[nH]2)cc1. The van der Waals surface area contributed by atoms with Gasteiger partial charge < -0.3 is 5.11 Å². The normalized spacial score (nSPS) is 11.0. The molecule has 1 aromatic heterocycles. The highest BCUT2D eigenvalue weighted by molar-refractivity contribution is 5.95. The average molecular weight is 384 g/mol. The van der Waals surface area contributed by atoms with Gasteiger partial charge in [-0.25, -0.2) is 10.2 Å². The number of fused-ring (bicyclic) bond motifs is 1. The topological polar surface area (TPSA) is 107 Å². The van der Waals surface area contributed by atoms with Crippen LogP contribution in [0.4, 0.5) is 0 Å². The summed E-state index contributed by atoms with van der Waals surface area (Å²) in [4.78, 5) is 23.1. The van der Waals surface area contributed by atoms with Crippen molar-refractivity contribution in [3.63, 3.8) is 0 Å². The molecule has 4 aromatic rings. The summed E-state index contributed by atoms with van der Waals surface area (Å²) in [6, 6.07) is 21.8. The Morgan fingerprint density at radius 3 is 2.48 bits per heavy atom. The number of benzene rings is 3. The number of rotatable bonds is 5. The Labute approximate surface area is 165 Å². The Hall–Kier alpha value is -4.26. The Balaban J connectivity index is 1.44. The fourth-order valence-corrected chi connectivity index (χ4v) is 2.87. The van der Waals surface area contributed by atoms with Gasteiger partial charge >= 0.3 is 5.97 Å². The van der Waals surface area contributed by atoms with Crippen LogP contribution in [-0.4, -0.2) is 33.4 Å². The molecule has 0 atom stereocenters. The zero-order chi connectivity index (χ0) is 20.2. The quantitative estimate of drug-likeness (QED) is 0.360. The molecule has 0 fully saturated rings. The van der Waals surface area contributed by atoms with Crippen molar-refractivity contribution in [2.24, 2.45) is 5.10 Å². The molecule has 0 spiro atoms. The van der Waals surface area contributed by atoms with Gasteiger partial charge in [-0.15, -0.1) is 0 Å². The first-order chi connectivity index (χ1) is 14.1. The highest BCUT2D eigenvalue weighted by atomic mass is 16.4. The zero-order valence-electron chi connectivity index (χ0n) is 15.2. The van der Waals surface area contributed by atoms with Crippen LogP contribution in [0.1, 0.15) is 26.4 Å². The van der Waals surface area contributed by atoms with E-state index in [9.17, 15) is 9.59 Å². The third kappa shape index (κ3) is 4.03. The number of carboxylic acid groups (broad SMARTS) is 1. The Morgan fingerprint density at radius 1 is 0.966 bits per heavy atom. The van der Waals surface area contributed by atoms with E-state index < -0.39 is 11.9 Å². The Morgan fingerprint density at radius 2 is 1.72 bits per heavy atom. The van der Waals surface area contributed by atoms with Crippen molar-refractivity contribution in [1.82, 2.24) is 15.6 Å². The third-order valence-corrected chi connectivity index (χ3v) is 4.41. The summed E-state index contributed by atoms with van der Waals surface area (Å²) in [6.07, 6.45) is 1.43. The van der Waals surface area contributed by atoms with Crippen LogP contribution >= 0.6 is 0 Å². The Bertz CT molecular complexity index is 1230. The van der Waals surface area contributed by atoms with Crippen LogP contribution in [0, 0.1) is 0 Å². The molecular weight excluding hydrogens is 368 g/mol. The van der Waals surface area contributed by atoms with E-state index in [1.807, 2.05) is 42.5 Å². The number of nitrogens with zero attached hydrogens (tertiary/aromatic N) is 2. The van der Waals surface area contributed by atoms with E-state index in [-0.39, 0.29) is 11.3 Å². The highest BCUT2D eigenvalue weighted by Gasteiger charge is 2.11. The van der Waals surface area contributed by atoms with Crippen LogP contribution in [0.2, 0.25) is 0 Å². The van der Waals surface area contributed by atoms with E-state index in [4.69, 9.17) is 5.11 Å². The maximum atomic E-state index is 12.3. The molecule has 7 heteroatoms. The minimum absolute atomic E-state index is 0.185. The van der Waals surface area contributed by atoms with Crippen LogP contribution in [0.5, 0.6) is 0 Å². The van der Waals surface area contributed by atoms with Crippen LogP contribution in [-0.2, 0) is 0 Å². The first-order valence-electron chi connectivity index (χ1n) is 8.81. The lowest BCUT2D eigenvalue weighted by atomic mass is 10.1. The van der Waals surface area contributed by atoms with Gasteiger partial charge in [-0.1, -0.05) is 48.5 Å². The maximum absolute atomic E-state index is 12.3. The number of carbonyl (C=O) groups excluding carboxylic acids is 1. The van der Waals surface area contributed by atoms with Crippen molar-refractivity contribution in [3.05, 3.63) is 89.6 Å². The fraction of sp³-hybridized carbons (Fsp3) is 0. The molecule has 3 N–H and O–H groups in total. The number of aromatic nitrogens is 2. The van der Waals surface area contributed by atoms with Gasteiger partial charge in [0.15, 0.2) is 0 Å². The second-order valence-corrected chi connectivity index (χ2v) is 6.36. The number of aromatic amines is 1. The van der Waals surface area contributed by atoms with Gasteiger partial charge in [0, 0.05) is 5.56 Å². The number of hydrazone groups is 1. The van der Waals surface area contributed by atoms with Gasteiger partial charge in [0.1, 0.15) is 5.69 Å². The molecule has 7 nitrogen and oxygen atoms in total. The van der Waals surface area contributed by atoms with Crippen molar-refractivity contribution in [2.45, 2.75) is 0 Å². The lowest BCUT2D eigenvalue weighted by Gasteiger charge is -2.00. The fourth-order valence-electron chi connectivity index (χ4n) is 2.87. The number of H-pyrrole nitrogens is 1. The second kappa shape index (κ2) is 7.77. The average Bonchev–Trinajstić information content (AvgIpc) is 3.24. The van der Waals surface area contributed by atoms with E-state index in [2.05, 4.69) is 20.7 Å². The van der Waals surface area contributed by atoms with Crippen LogP contribution in [0.15, 0.2) is 77.9 Å². The third-order valence-electron chi connectivity index (χ3n) is 4.41. The molecule has 142 valence electrons. The smallest absolute Gasteiger partial charge is 0.335 e. The molecule has 4 rings (SSSR count). The Kier molecular flexibility index (Phi) is 4.86. The molecule has 0 aliphatic heterocycles. The van der Waals surface area contributed by atoms with E-state index in [1.54, 1.807) is 18.2 Å². The number of aromatic carboxylic acids is 1. The summed E-state index contributed by atoms with van der Waals surface area (Å²) in [5.41, 5.74) is 5.12. The minimum Gasteiger partial charge on any atom is -0.478 e. The van der Waals surface area contributed by atoms with Gasteiger partial charge in [-0.05, 0) is 40.6 Å². The molecule has 0 radical (unpaired) electrons. The molecule has 0 bridgehead atoms. The zero-order valence-corrected chi connectivity index (χ0v) is 15.2. The summed E-state index contributed by atoms with van der Waals surface area (Å²) in [5.74, 6) is -1.42. The molecule has 0 saturated heterocycles. The number of hydrogen-bond acceptors (Lipinski definition) is 4. The number of nitrogens with one attached hydrogen (secondary N) is 2. The van der Waals surface area contributed by atoms with Gasteiger partial charge in [0.2, 0.25) is 0 Å². The monoisotopic (exact) mass is 384 g/mol. The van der Waals surface area contributed by atoms with Gasteiger partial charge in [-0.3, -0.25) is 9.89 Å². The van der Waals surface area contributed by atoms with Gasteiger partial charge in [0.05, 0.1) is 17.5 Å². The van der Waals surface area contributed by atoms with E-state index in [0.29, 0.717) is 11.3 Å². The van der Waals surface area contributed by atoms with Crippen molar-refractivity contribution >= 4 is 28.9 Å². The summed E-state index contributed by atoms with van der Waals surface area (Å²) in [6.45, 7) is 0. The molecule has 3 aromatic carbocycles. The molecule has 1 heterocycles. The molecule has 0 saturated carbocycles. The van der Waals surface area contributed by atoms with Crippen molar-refractivity contribution < 1.29 is 14.7 Å². The number of hydrogen-bond donors (Lipinski definition) is 3. The van der Waals surface area contributed by atoms with Crippen molar-refractivity contribution in [3.8, 4) is 11.3 Å². The first-order valence-corrected chi connectivity index (χ1v) is 8.81. The molecule has 0 unspecified atom stereocenters. The van der Waals surface area contributed by atoms with Gasteiger partial charge in [-0.2, -0.15) is 10.2 Å². The summed E-state index contributed by atoms with van der Waals surface area (Å²) in [7, 11) is 0. The number of amides is 1. The second-order valence-electron chi connectivity index (χ2n) is 6.36. The van der Waals surface area contributed by atoms with Crippen molar-refractivity contribution in [2.75, 3.05) is 0 Å². The van der Waals surface area contributed by atoms with Crippen molar-refractivity contribution in [1.29, 1.82) is 0 Å². The summed E-state index contributed by atoms with van der Waals surface area (Å²) < 4.78 is 0. The first kappa shape index (κ1) is 18.1. The van der Waals surface area contributed by atoms with E-state index in [0.717, 1.165) is 16.3 Å². The standard InChI is InChI=1S/C22H16N4O3/c27-21(26-23-13-14-5-7-16(8-6-14)22(28)29)20-12-19(24-25-20)18-10-9-15-3-1-2-4-17(15)11-18/h1-13H,(H,24,25)(H,26,27)(H,28,29)/b23-13+. The maximum Gasteiger partial charge on any atom is 0.335 e.